The van der Waals surface area contributed by atoms with Gasteiger partial charge >= 0.3 is 0 Å². The minimum Gasteiger partial charge on any atom is -0.350 e. The molecule has 1 aromatic heterocycles. The van der Waals surface area contributed by atoms with Crippen LogP contribution in [0.4, 0.5) is 4.39 Å². The molecule has 1 heterocycles. The molecule has 0 bridgehead atoms. The van der Waals surface area contributed by atoms with Crippen LogP contribution in [0.3, 0.4) is 0 Å². The third kappa shape index (κ3) is 1.28. The molecular weight excluding hydrogens is 161 g/mol. The van der Waals surface area contributed by atoms with Gasteiger partial charge in [0.25, 0.3) is 0 Å². The molecule has 1 N–H and O–H groups in total. The van der Waals surface area contributed by atoms with Crippen molar-refractivity contribution in [3.63, 3.8) is 0 Å². The van der Waals surface area contributed by atoms with Crippen LogP contribution < -0.4 is 0 Å². The zero-order chi connectivity index (χ0) is 6.85. The van der Waals surface area contributed by atoms with E-state index in [9.17, 15) is 4.39 Å². The summed E-state index contributed by atoms with van der Waals surface area (Å²) in [6, 6.07) is 1.44. The van der Waals surface area contributed by atoms with E-state index in [0.717, 1.165) is 0 Å². The Bertz CT molecular complexity index is 270. The van der Waals surface area contributed by atoms with Gasteiger partial charge in [-0.3, -0.25) is 0 Å². The lowest BCUT2D eigenvalue weighted by Gasteiger charge is -1.89. The van der Waals surface area contributed by atoms with E-state index < -0.39 is 5.82 Å². The van der Waals surface area contributed by atoms with Crippen molar-refractivity contribution in [3.8, 4) is 0 Å². The summed E-state index contributed by atoms with van der Waals surface area (Å²) in [6.45, 7) is 0. The second kappa shape index (κ2) is 2.45. The van der Waals surface area contributed by atoms with E-state index in [1.54, 1.807) is 0 Å². The normalized spacial score (nSPS) is 9.56. The quantitative estimate of drug-likeness (QED) is 0.459. The average molecular weight is 164 g/mol. The van der Waals surface area contributed by atoms with Gasteiger partial charge in [0.15, 0.2) is 5.82 Å². The molecule has 1 rings (SSSR count). The van der Waals surface area contributed by atoms with Crippen LogP contribution in [-0.2, 0) is 0 Å². The van der Waals surface area contributed by atoms with Crippen LogP contribution in [-0.4, -0.2) is 4.98 Å². The lowest BCUT2D eigenvalue weighted by molar-refractivity contribution is 0.618. The van der Waals surface area contributed by atoms with E-state index in [-0.39, 0.29) is 9.66 Å². The highest BCUT2D eigenvalue weighted by atomic mass is 35.5. The monoisotopic (exact) mass is 163 g/mol. The Balaban J connectivity index is 3.43. The van der Waals surface area contributed by atoms with Crippen molar-refractivity contribution in [1.82, 2.24) is 4.98 Å². The highest BCUT2D eigenvalue weighted by Gasteiger charge is 1.96. The molecule has 0 fully saturated rings. The molecular formula is C5H3ClFNS. The summed E-state index contributed by atoms with van der Waals surface area (Å²) < 4.78 is 12.6. The Labute approximate surface area is 61.5 Å². The number of pyridine rings is 1. The van der Waals surface area contributed by atoms with Gasteiger partial charge in [-0.1, -0.05) is 23.8 Å². The smallest absolute Gasteiger partial charge is 0.176 e. The van der Waals surface area contributed by atoms with E-state index >= 15 is 0 Å². The molecule has 9 heavy (non-hydrogen) atoms. The number of halogens is 2. The fraction of sp³-hybridized carbons (Fsp3) is 0. The first-order chi connectivity index (χ1) is 4.22. The van der Waals surface area contributed by atoms with Gasteiger partial charge in [0, 0.05) is 6.20 Å². The lowest BCUT2D eigenvalue weighted by Crippen LogP contribution is -1.80. The van der Waals surface area contributed by atoms with Gasteiger partial charge in [0.1, 0.15) is 5.15 Å². The van der Waals surface area contributed by atoms with E-state index in [1.165, 1.54) is 12.3 Å². The Morgan fingerprint density at radius 3 is 2.78 bits per heavy atom. The zero-order valence-corrected chi connectivity index (χ0v) is 5.89. The Morgan fingerprint density at radius 2 is 2.33 bits per heavy atom. The van der Waals surface area contributed by atoms with Crippen molar-refractivity contribution in [2.45, 2.75) is 0 Å². The van der Waals surface area contributed by atoms with Crippen LogP contribution >= 0.6 is 23.8 Å². The SMILES string of the molecule is Fc1c(Cl)[nH]ccc1=S. The third-order valence-electron chi connectivity index (χ3n) is 0.854. The van der Waals surface area contributed by atoms with Crippen LogP contribution in [0.25, 0.3) is 0 Å². The highest BCUT2D eigenvalue weighted by Crippen LogP contribution is 2.09. The van der Waals surface area contributed by atoms with Crippen molar-refractivity contribution >= 4 is 23.8 Å². The summed E-state index contributed by atoms with van der Waals surface area (Å²) in [5, 5.41) is -0.0394. The first-order valence-electron chi connectivity index (χ1n) is 2.24. The highest BCUT2D eigenvalue weighted by molar-refractivity contribution is 7.71. The maximum Gasteiger partial charge on any atom is 0.176 e. The second-order valence-corrected chi connectivity index (χ2v) is 2.29. The summed E-state index contributed by atoms with van der Waals surface area (Å²) in [6.07, 6.45) is 1.49. The standard InChI is InChI=1S/C5H3ClFNS/c6-5-4(7)3(9)1-2-8-5/h1-2H,(H,8,9). The molecule has 1 aromatic rings. The third-order valence-corrected chi connectivity index (χ3v) is 1.44. The van der Waals surface area contributed by atoms with Gasteiger partial charge in [-0.05, 0) is 6.07 Å². The van der Waals surface area contributed by atoms with Crippen LogP contribution in [0.2, 0.25) is 5.15 Å². The molecule has 0 saturated heterocycles. The molecule has 1 nitrogen and oxygen atoms in total. The Kier molecular flexibility index (Phi) is 1.83. The van der Waals surface area contributed by atoms with Crippen molar-refractivity contribution in [2.75, 3.05) is 0 Å². The van der Waals surface area contributed by atoms with Crippen molar-refractivity contribution in [3.05, 3.63) is 27.7 Å². The molecule has 4 heteroatoms. The molecule has 0 aliphatic rings. The van der Waals surface area contributed by atoms with E-state index in [4.69, 9.17) is 11.6 Å². The number of aromatic nitrogens is 1. The molecule has 0 spiro atoms. The average Bonchev–Trinajstić information content (AvgIpc) is 1.83. The molecule has 0 aromatic carbocycles. The fourth-order valence-corrected chi connectivity index (χ4v) is 0.826. The summed E-state index contributed by atoms with van der Waals surface area (Å²) in [5.74, 6) is -0.561. The van der Waals surface area contributed by atoms with Gasteiger partial charge < -0.3 is 4.98 Å². The second-order valence-electron chi connectivity index (χ2n) is 1.47. The van der Waals surface area contributed by atoms with Crippen LogP contribution in [0.1, 0.15) is 0 Å². The number of rotatable bonds is 0. The van der Waals surface area contributed by atoms with Crippen LogP contribution in [0.15, 0.2) is 12.3 Å². The van der Waals surface area contributed by atoms with Gasteiger partial charge in [-0.2, -0.15) is 0 Å². The summed E-state index contributed by atoms with van der Waals surface area (Å²) >= 11 is 9.88. The van der Waals surface area contributed by atoms with Gasteiger partial charge in [-0.25, -0.2) is 4.39 Å². The summed E-state index contributed by atoms with van der Waals surface area (Å²) in [7, 11) is 0. The molecule has 0 unspecified atom stereocenters. The fourth-order valence-electron chi connectivity index (χ4n) is 0.435. The minimum absolute atomic E-state index is 0.0394. The maximum atomic E-state index is 12.5. The number of hydrogen-bond acceptors (Lipinski definition) is 1. The van der Waals surface area contributed by atoms with Crippen LogP contribution in [0, 0.1) is 10.3 Å². The molecule has 0 amide bonds. The predicted octanol–water partition coefficient (Wildman–Crippen LogP) is 2.54. The Morgan fingerprint density at radius 1 is 1.67 bits per heavy atom. The van der Waals surface area contributed by atoms with E-state index in [2.05, 4.69) is 17.2 Å². The minimum atomic E-state index is -0.561. The van der Waals surface area contributed by atoms with Crippen molar-refractivity contribution in [1.29, 1.82) is 0 Å². The van der Waals surface area contributed by atoms with Crippen molar-refractivity contribution in [2.24, 2.45) is 0 Å². The summed E-state index contributed by atoms with van der Waals surface area (Å²) in [5.41, 5.74) is 0. The van der Waals surface area contributed by atoms with Gasteiger partial charge in [-0.15, -0.1) is 0 Å². The topological polar surface area (TPSA) is 15.8 Å². The zero-order valence-electron chi connectivity index (χ0n) is 4.32. The van der Waals surface area contributed by atoms with E-state index in [0.29, 0.717) is 0 Å². The number of nitrogens with one attached hydrogen (secondary N) is 1. The van der Waals surface area contributed by atoms with E-state index in [1.807, 2.05) is 0 Å². The Hall–Kier alpha value is -0.410. The first kappa shape index (κ1) is 6.71. The van der Waals surface area contributed by atoms with Gasteiger partial charge in [0.05, 0.1) is 4.51 Å². The largest absolute Gasteiger partial charge is 0.350 e. The van der Waals surface area contributed by atoms with Gasteiger partial charge in [0.2, 0.25) is 0 Å². The van der Waals surface area contributed by atoms with Crippen molar-refractivity contribution < 1.29 is 4.39 Å². The molecule has 0 atom stereocenters. The number of aromatic amines is 1. The molecule has 0 saturated carbocycles. The first-order valence-corrected chi connectivity index (χ1v) is 3.03. The molecule has 0 radical (unpaired) electrons. The lowest BCUT2D eigenvalue weighted by atomic mass is 10.5. The maximum absolute atomic E-state index is 12.5. The summed E-state index contributed by atoms with van der Waals surface area (Å²) in [4.78, 5) is 2.46. The molecule has 0 aliphatic heterocycles. The van der Waals surface area contributed by atoms with Crippen LogP contribution in [0.5, 0.6) is 0 Å². The molecule has 48 valence electrons. The number of hydrogen-bond donors (Lipinski definition) is 1. The predicted molar refractivity (Wildman–Crippen MR) is 36.6 cm³/mol. The number of H-pyrrole nitrogens is 1. The molecule has 0 aliphatic carbocycles.